The number of hydrogen-bond donors (Lipinski definition) is 2. The van der Waals surface area contributed by atoms with Gasteiger partial charge in [0, 0.05) is 0 Å². The second-order valence-corrected chi connectivity index (χ2v) is 3.82. The molecule has 0 aliphatic carbocycles. The Morgan fingerprint density at radius 1 is 1.47 bits per heavy atom. The highest BCUT2D eigenvalue weighted by Crippen LogP contribution is 1.97. The summed E-state index contributed by atoms with van der Waals surface area (Å²) < 4.78 is 0.575. The lowest BCUT2D eigenvalue weighted by Gasteiger charge is -2.26. The molecule has 15 heavy (non-hydrogen) atoms. The minimum absolute atomic E-state index is 0.216. The lowest BCUT2D eigenvalue weighted by atomic mass is 10.4. The molecule has 0 saturated carbocycles. The van der Waals surface area contributed by atoms with E-state index in [-0.39, 0.29) is 6.54 Å². The number of carboxylic acid groups (broad SMARTS) is 1. The van der Waals surface area contributed by atoms with Gasteiger partial charge < -0.3 is 15.3 Å². The van der Waals surface area contributed by atoms with Gasteiger partial charge in [-0.05, 0) is 12.5 Å². The van der Waals surface area contributed by atoms with Gasteiger partial charge in [0.2, 0.25) is 5.91 Å². The lowest BCUT2D eigenvalue weighted by Crippen LogP contribution is -2.44. The Kier molecular flexibility index (Phi) is 8.57. The van der Waals surface area contributed by atoms with Crippen LogP contribution in [0.4, 0.5) is 0 Å². The van der Waals surface area contributed by atoms with E-state index in [2.05, 4.69) is 19.2 Å². The van der Waals surface area contributed by atoms with E-state index in [1.54, 1.807) is 0 Å². The molecule has 0 aliphatic rings. The minimum atomic E-state index is -0.724. The van der Waals surface area contributed by atoms with Crippen molar-refractivity contribution in [3.05, 3.63) is 12.7 Å². The summed E-state index contributed by atoms with van der Waals surface area (Å²) >= 11 is 0. The first-order valence-corrected chi connectivity index (χ1v) is 4.70. The van der Waals surface area contributed by atoms with Crippen molar-refractivity contribution in [2.24, 2.45) is 5.73 Å². The third-order valence-electron chi connectivity index (χ3n) is 1.59. The molecule has 0 aromatic rings. The minimum Gasteiger partial charge on any atom is -0.477 e. The first-order chi connectivity index (χ1) is 6.75. The van der Waals surface area contributed by atoms with Crippen molar-refractivity contribution >= 4 is 11.9 Å². The molecule has 0 spiro atoms. The number of nitrogens with two attached hydrogens (primary N) is 1. The van der Waals surface area contributed by atoms with Crippen LogP contribution in [-0.2, 0) is 9.59 Å². The van der Waals surface area contributed by atoms with E-state index in [4.69, 9.17) is 5.11 Å². The summed E-state index contributed by atoms with van der Waals surface area (Å²) in [5, 5.41) is 8.46. The van der Waals surface area contributed by atoms with Crippen molar-refractivity contribution in [1.29, 1.82) is 0 Å². The number of likely N-dealkylation sites (N-methyl/N-ethyl adjacent to an activating group) is 1. The van der Waals surface area contributed by atoms with Crippen LogP contribution in [0.2, 0.25) is 0 Å². The van der Waals surface area contributed by atoms with Crippen LogP contribution in [-0.4, -0.2) is 48.7 Å². The van der Waals surface area contributed by atoms with Crippen molar-refractivity contribution in [2.45, 2.75) is 13.3 Å². The monoisotopic (exact) mass is 217 g/mol. The molecule has 0 rings (SSSR count). The fourth-order valence-electron chi connectivity index (χ4n) is 1.05. The molecule has 0 aromatic heterocycles. The standard InChI is InChI=1S/C7H15NO2.C3H5NO/c1-4-5-8(2,3)6-7(9)10;1-2-3(4)5/h4-6H2,1-3H3;2H,1H2,(H2,4,5)/p+1. The van der Waals surface area contributed by atoms with Gasteiger partial charge in [-0.3, -0.25) is 4.79 Å². The molecule has 5 nitrogen and oxygen atoms in total. The first-order valence-electron chi connectivity index (χ1n) is 4.70. The highest BCUT2D eigenvalue weighted by Gasteiger charge is 2.17. The number of carbonyl (C=O) groups is 2. The maximum Gasteiger partial charge on any atom is 0.359 e. The topological polar surface area (TPSA) is 80.4 Å². The van der Waals surface area contributed by atoms with Crippen LogP contribution in [0.15, 0.2) is 12.7 Å². The van der Waals surface area contributed by atoms with Gasteiger partial charge in [0.1, 0.15) is 0 Å². The van der Waals surface area contributed by atoms with E-state index < -0.39 is 11.9 Å². The van der Waals surface area contributed by atoms with Crippen LogP contribution in [0.25, 0.3) is 0 Å². The Hall–Kier alpha value is -1.36. The average molecular weight is 217 g/mol. The highest BCUT2D eigenvalue weighted by molar-refractivity contribution is 5.84. The molecule has 3 N–H and O–H groups in total. The number of primary amides is 1. The van der Waals surface area contributed by atoms with Gasteiger partial charge >= 0.3 is 5.97 Å². The molecule has 0 heterocycles. The van der Waals surface area contributed by atoms with E-state index in [9.17, 15) is 9.59 Å². The van der Waals surface area contributed by atoms with Gasteiger partial charge in [-0.2, -0.15) is 0 Å². The number of nitrogens with zero attached hydrogens (tertiary/aromatic N) is 1. The van der Waals surface area contributed by atoms with Crippen LogP contribution in [0.3, 0.4) is 0 Å². The smallest absolute Gasteiger partial charge is 0.359 e. The van der Waals surface area contributed by atoms with Crippen LogP contribution in [0.5, 0.6) is 0 Å². The highest BCUT2D eigenvalue weighted by atomic mass is 16.4. The van der Waals surface area contributed by atoms with Gasteiger partial charge in [0.25, 0.3) is 0 Å². The number of rotatable bonds is 5. The van der Waals surface area contributed by atoms with Gasteiger partial charge in [0.15, 0.2) is 6.54 Å². The fraction of sp³-hybridized carbons (Fsp3) is 0.600. The third-order valence-corrected chi connectivity index (χ3v) is 1.59. The largest absolute Gasteiger partial charge is 0.477 e. The predicted molar refractivity (Wildman–Crippen MR) is 59.2 cm³/mol. The molecule has 88 valence electrons. The van der Waals surface area contributed by atoms with Crippen LogP contribution < -0.4 is 5.73 Å². The van der Waals surface area contributed by atoms with E-state index in [1.807, 2.05) is 14.1 Å². The summed E-state index contributed by atoms with van der Waals surface area (Å²) in [5.41, 5.74) is 4.53. The summed E-state index contributed by atoms with van der Waals surface area (Å²) in [5.74, 6) is -1.21. The molecule has 1 amide bonds. The first kappa shape index (κ1) is 16.1. The van der Waals surface area contributed by atoms with E-state index in [0.717, 1.165) is 19.0 Å². The van der Waals surface area contributed by atoms with E-state index in [1.165, 1.54) is 0 Å². The maximum absolute atomic E-state index is 10.3. The zero-order chi connectivity index (χ0) is 12.5. The number of quaternary nitrogens is 1. The van der Waals surface area contributed by atoms with Gasteiger partial charge in [-0.1, -0.05) is 13.5 Å². The molecule has 0 radical (unpaired) electrons. The summed E-state index contributed by atoms with van der Waals surface area (Å²) in [6, 6.07) is 0. The Morgan fingerprint density at radius 2 is 1.87 bits per heavy atom. The van der Waals surface area contributed by atoms with Crippen LogP contribution in [0, 0.1) is 0 Å². The van der Waals surface area contributed by atoms with Crippen molar-refractivity contribution < 1.29 is 19.2 Å². The quantitative estimate of drug-likeness (QED) is 0.510. The Balaban J connectivity index is 0. The summed E-state index contributed by atoms with van der Waals surface area (Å²) in [7, 11) is 3.86. The SMILES string of the molecule is C=CC(N)=O.CCC[N+](C)(C)CC(=O)O. The van der Waals surface area contributed by atoms with Gasteiger partial charge in [-0.25, -0.2) is 4.79 Å². The number of carboxylic acids is 1. The third kappa shape index (κ3) is 15.4. The summed E-state index contributed by atoms with van der Waals surface area (Å²) in [6.07, 6.45) is 2.08. The molecule has 5 heteroatoms. The van der Waals surface area contributed by atoms with Crippen molar-refractivity contribution in [3.8, 4) is 0 Å². The molecule has 0 saturated heterocycles. The Morgan fingerprint density at radius 3 is 2.07 bits per heavy atom. The molecule has 0 bridgehead atoms. The number of hydrogen-bond acceptors (Lipinski definition) is 2. The van der Waals surface area contributed by atoms with E-state index >= 15 is 0 Å². The number of carbonyl (C=O) groups excluding carboxylic acids is 1. The van der Waals surface area contributed by atoms with Crippen LogP contribution in [0.1, 0.15) is 13.3 Å². The average Bonchev–Trinajstić information content (AvgIpc) is 2.02. The molecule has 0 atom stereocenters. The number of aliphatic carboxylic acids is 1. The Bertz CT molecular complexity index is 225. The van der Waals surface area contributed by atoms with Crippen molar-refractivity contribution in [2.75, 3.05) is 27.2 Å². The molecule has 0 aromatic carbocycles. The van der Waals surface area contributed by atoms with Crippen LogP contribution >= 0.6 is 0 Å². The molecule has 0 aliphatic heterocycles. The molecular weight excluding hydrogens is 196 g/mol. The predicted octanol–water partition coefficient (Wildman–Crippen LogP) is 0.215. The summed E-state index contributed by atoms with van der Waals surface area (Å²) in [6.45, 7) is 6.28. The van der Waals surface area contributed by atoms with Crippen molar-refractivity contribution in [3.63, 3.8) is 0 Å². The molecular formula is C10H21N2O3+. The zero-order valence-electron chi connectivity index (χ0n) is 9.69. The Labute approximate surface area is 90.8 Å². The second kappa shape index (κ2) is 7.99. The fourth-order valence-corrected chi connectivity index (χ4v) is 1.05. The second-order valence-electron chi connectivity index (χ2n) is 3.82. The van der Waals surface area contributed by atoms with E-state index in [0.29, 0.717) is 4.48 Å². The number of amides is 1. The van der Waals surface area contributed by atoms with Crippen molar-refractivity contribution in [1.82, 2.24) is 0 Å². The van der Waals surface area contributed by atoms with Gasteiger partial charge in [0.05, 0.1) is 20.6 Å². The van der Waals surface area contributed by atoms with Gasteiger partial charge in [-0.15, -0.1) is 0 Å². The summed E-state index contributed by atoms with van der Waals surface area (Å²) in [4.78, 5) is 19.7. The maximum atomic E-state index is 10.3. The lowest BCUT2D eigenvalue weighted by molar-refractivity contribution is -0.883. The zero-order valence-corrected chi connectivity index (χ0v) is 9.69. The molecule has 0 fully saturated rings. The molecule has 0 unspecified atom stereocenters. The normalized spacial score (nSPS) is 9.80.